The molecule has 27 heavy (non-hydrogen) atoms. The molecule has 0 saturated heterocycles. The molecule has 5 heteroatoms. The molecule has 2 heterocycles. The molecule has 0 fully saturated rings. The molecule has 0 bridgehead atoms. The summed E-state index contributed by atoms with van der Waals surface area (Å²) in [5.74, 6) is 0.304. The smallest absolute Gasteiger partial charge is 0.123 e. The van der Waals surface area contributed by atoms with E-state index in [1.807, 2.05) is 12.3 Å². The lowest BCUT2D eigenvalue weighted by molar-refractivity contribution is 0.170. The van der Waals surface area contributed by atoms with E-state index < -0.39 is 0 Å². The van der Waals surface area contributed by atoms with Crippen LogP contribution >= 0.6 is 0 Å². The van der Waals surface area contributed by atoms with Gasteiger partial charge < -0.3 is 10.1 Å². The second-order valence-electron chi connectivity index (χ2n) is 6.75. The van der Waals surface area contributed by atoms with Gasteiger partial charge in [0.05, 0.1) is 0 Å². The molecule has 1 N–H and O–H groups in total. The minimum Gasteiger partial charge on any atom is -0.489 e. The van der Waals surface area contributed by atoms with Crippen molar-refractivity contribution >= 4 is 0 Å². The molecule has 1 atom stereocenters. The molecule has 0 saturated carbocycles. The van der Waals surface area contributed by atoms with Gasteiger partial charge in [-0.3, -0.25) is 4.98 Å². The van der Waals surface area contributed by atoms with E-state index in [1.54, 1.807) is 30.5 Å². The molecule has 3 nitrogen and oxygen atoms in total. The van der Waals surface area contributed by atoms with Crippen molar-refractivity contribution in [3.63, 3.8) is 0 Å². The van der Waals surface area contributed by atoms with E-state index in [4.69, 9.17) is 4.74 Å². The molecule has 2 aromatic carbocycles. The molecule has 0 spiro atoms. The predicted octanol–water partition coefficient (Wildman–Crippen LogP) is 4.51. The van der Waals surface area contributed by atoms with E-state index in [1.165, 1.54) is 18.2 Å². The van der Waals surface area contributed by atoms with Gasteiger partial charge in [-0.2, -0.15) is 0 Å². The molecule has 0 aliphatic carbocycles. The zero-order valence-corrected chi connectivity index (χ0v) is 14.8. The highest BCUT2D eigenvalue weighted by Gasteiger charge is 2.19. The van der Waals surface area contributed by atoms with Crippen LogP contribution < -0.4 is 10.1 Å². The van der Waals surface area contributed by atoms with Crippen LogP contribution in [0.3, 0.4) is 0 Å². The van der Waals surface area contributed by atoms with E-state index in [0.717, 1.165) is 40.8 Å². The van der Waals surface area contributed by atoms with Gasteiger partial charge in [0.2, 0.25) is 0 Å². The lowest BCUT2D eigenvalue weighted by atomic mass is 10.0. The average molecular weight is 366 g/mol. The van der Waals surface area contributed by atoms with Gasteiger partial charge in [0.15, 0.2) is 0 Å². The molecule has 1 aromatic heterocycles. The number of fused-ring (bicyclic) bond motifs is 1. The SMILES string of the molecule is Fc1ccc(-c2cncc(CNCC3CCc4cc(F)ccc4O3)c2)cc1. The Kier molecular flexibility index (Phi) is 5.12. The summed E-state index contributed by atoms with van der Waals surface area (Å²) >= 11 is 0. The lowest BCUT2D eigenvalue weighted by Crippen LogP contribution is -2.34. The van der Waals surface area contributed by atoms with Gasteiger partial charge in [-0.15, -0.1) is 0 Å². The maximum atomic E-state index is 13.3. The second-order valence-corrected chi connectivity index (χ2v) is 6.75. The summed E-state index contributed by atoms with van der Waals surface area (Å²) in [6.07, 6.45) is 5.34. The summed E-state index contributed by atoms with van der Waals surface area (Å²) < 4.78 is 32.3. The minimum absolute atomic E-state index is 0.0659. The quantitative estimate of drug-likeness (QED) is 0.721. The number of nitrogens with zero attached hydrogens (tertiary/aromatic N) is 1. The fraction of sp³-hybridized carbons (Fsp3) is 0.227. The van der Waals surface area contributed by atoms with Gasteiger partial charge >= 0.3 is 0 Å². The van der Waals surface area contributed by atoms with Crippen molar-refractivity contribution in [2.45, 2.75) is 25.5 Å². The molecule has 1 aliphatic heterocycles. The molecule has 1 aliphatic rings. The van der Waals surface area contributed by atoms with Crippen molar-refractivity contribution in [2.75, 3.05) is 6.54 Å². The molecule has 4 rings (SSSR count). The number of hydrogen-bond acceptors (Lipinski definition) is 3. The number of rotatable bonds is 5. The minimum atomic E-state index is -0.249. The van der Waals surface area contributed by atoms with Crippen molar-refractivity contribution in [2.24, 2.45) is 0 Å². The Morgan fingerprint density at radius 1 is 0.963 bits per heavy atom. The van der Waals surface area contributed by atoms with Gasteiger partial charge in [-0.25, -0.2) is 8.78 Å². The number of nitrogens with one attached hydrogen (secondary N) is 1. The highest BCUT2D eigenvalue weighted by Crippen LogP contribution is 2.28. The van der Waals surface area contributed by atoms with E-state index in [0.29, 0.717) is 13.1 Å². The number of aryl methyl sites for hydroxylation is 1. The van der Waals surface area contributed by atoms with Gasteiger partial charge in [0.25, 0.3) is 0 Å². The fourth-order valence-electron chi connectivity index (χ4n) is 3.32. The first-order valence-corrected chi connectivity index (χ1v) is 9.03. The van der Waals surface area contributed by atoms with Crippen molar-refractivity contribution in [1.29, 1.82) is 0 Å². The molecular weight excluding hydrogens is 346 g/mol. The first-order valence-electron chi connectivity index (χ1n) is 9.03. The monoisotopic (exact) mass is 366 g/mol. The Hall–Kier alpha value is -2.79. The zero-order chi connectivity index (χ0) is 18.6. The number of pyridine rings is 1. The van der Waals surface area contributed by atoms with Crippen molar-refractivity contribution in [1.82, 2.24) is 10.3 Å². The van der Waals surface area contributed by atoms with Crippen LogP contribution in [0.2, 0.25) is 0 Å². The molecule has 0 amide bonds. The molecular formula is C22H20F2N2O. The summed E-state index contributed by atoms with van der Waals surface area (Å²) in [5, 5.41) is 3.40. The fourth-order valence-corrected chi connectivity index (χ4v) is 3.32. The van der Waals surface area contributed by atoms with Crippen molar-refractivity contribution in [3.05, 3.63) is 83.7 Å². The number of hydrogen-bond donors (Lipinski definition) is 1. The molecule has 0 radical (unpaired) electrons. The van der Waals surface area contributed by atoms with Crippen LogP contribution in [0.15, 0.2) is 60.9 Å². The Bertz CT molecular complexity index is 928. The van der Waals surface area contributed by atoms with Crippen molar-refractivity contribution < 1.29 is 13.5 Å². The van der Waals surface area contributed by atoms with E-state index in [-0.39, 0.29) is 17.7 Å². The Balaban J connectivity index is 1.34. The number of aromatic nitrogens is 1. The van der Waals surface area contributed by atoms with E-state index in [9.17, 15) is 8.78 Å². The zero-order valence-electron chi connectivity index (χ0n) is 14.8. The molecule has 1 unspecified atom stereocenters. The topological polar surface area (TPSA) is 34.2 Å². The van der Waals surface area contributed by atoms with Crippen LogP contribution in [0.1, 0.15) is 17.5 Å². The van der Waals surface area contributed by atoms with Crippen LogP contribution in [0.25, 0.3) is 11.1 Å². The Morgan fingerprint density at radius 3 is 2.63 bits per heavy atom. The number of halogens is 2. The van der Waals surface area contributed by atoms with Crippen LogP contribution in [-0.4, -0.2) is 17.6 Å². The summed E-state index contributed by atoms with van der Waals surface area (Å²) in [6, 6.07) is 13.1. The normalized spacial score (nSPS) is 15.9. The molecule has 138 valence electrons. The highest BCUT2D eigenvalue weighted by atomic mass is 19.1. The predicted molar refractivity (Wildman–Crippen MR) is 100 cm³/mol. The van der Waals surface area contributed by atoms with Gasteiger partial charge in [-0.05, 0) is 65.9 Å². The summed E-state index contributed by atoms with van der Waals surface area (Å²) in [6.45, 7) is 1.37. The van der Waals surface area contributed by atoms with E-state index >= 15 is 0 Å². The van der Waals surface area contributed by atoms with Crippen molar-refractivity contribution in [3.8, 4) is 16.9 Å². The lowest BCUT2D eigenvalue weighted by Gasteiger charge is -2.26. The number of benzene rings is 2. The standard InChI is InChI=1S/C22H20F2N2O/c23-19-4-1-16(2-5-19)18-9-15(11-25-13-18)12-26-14-21-7-3-17-10-20(24)6-8-22(17)27-21/h1-2,4-6,8-11,13,21,26H,3,7,12,14H2. The van der Waals surface area contributed by atoms with E-state index in [2.05, 4.69) is 10.3 Å². The summed E-state index contributed by atoms with van der Waals surface area (Å²) in [4.78, 5) is 4.29. The second kappa shape index (κ2) is 7.84. The van der Waals surface area contributed by atoms with Crippen LogP contribution in [0.4, 0.5) is 8.78 Å². The largest absolute Gasteiger partial charge is 0.489 e. The highest BCUT2D eigenvalue weighted by molar-refractivity contribution is 5.62. The third-order valence-corrected chi connectivity index (χ3v) is 4.73. The third kappa shape index (κ3) is 4.31. The first-order chi connectivity index (χ1) is 13.2. The maximum Gasteiger partial charge on any atom is 0.123 e. The van der Waals surface area contributed by atoms with Crippen LogP contribution in [0.5, 0.6) is 5.75 Å². The van der Waals surface area contributed by atoms with Gasteiger partial charge in [0.1, 0.15) is 23.5 Å². The molecule has 3 aromatic rings. The average Bonchev–Trinajstić information content (AvgIpc) is 2.69. The van der Waals surface area contributed by atoms with Gasteiger partial charge in [-0.1, -0.05) is 12.1 Å². The maximum absolute atomic E-state index is 13.3. The third-order valence-electron chi connectivity index (χ3n) is 4.73. The number of ether oxygens (including phenoxy) is 1. The Morgan fingerprint density at radius 2 is 1.78 bits per heavy atom. The van der Waals surface area contributed by atoms with Crippen LogP contribution in [0, 0.1) is 11.6 Å². The van der Waals surface area contributed by atoms with Crippen LogP contribution in [-0.2, 0) is 13.0 Å². The van der Waals surface area contributed by atoms with Gasteiger partial charge in [0, 0.05) is 31.0 Å². The summed E-state index contributed by atoms with van der Waals surface area (Å²) in [7, 11) is 0. The Labute approximate surface area is 157 Å². The summed E-state index contributed by atoms with van der Waals surface area (Å²) in [5.41, 5.74) is 3.88. The first kappa shape index (κ1) is 17.6.